The molecule has 0 bridgehead atoms. The lowest BCUT2D eigenvalue weighted by Gasteiger charge is -2.32. The Labute approximate surface area is 170 Å². The van der Waals surface area contributed by atoms with Gasteiger partial charge in [-0.05, 0) is 56.1 Å². The van der Waals surface area contributed by atoms with Crippen molar-refractivity contribution >= 4 is 23.6 Å². The van der Waals surface area contributed by atoms with Crippen molar-refractivity contribution < 1.29 is 14.6 Å². The third kappa shape index (κ3) is 4.62. The first kappa shape index (κ1) is 19.2. The molecule has 6 heteroatoms. The fraction of sp³-hybridized carbons (Fsp3) is 0.409. The van der Waals surface area contributed by atoms with Crippen LogP contribution in [0.15, 0.2) is 58.3 Å². The van der Waals surface area contributed by atoms with Gasteiger partial charge in [-0.3, -0.25) is 4.90 Å². The molecule has 5 nitrogen and oxygen atoms in total. The van der Waals surface area contributed by atoms with Gasteiger partial charge in [0.25, 0.3) is 0 Å². The summed E-state index contributed by atoms with van der Waals surface area (Å²) in [5, 5.41) is 8.85. The fourth-order valence-electron chi connectivity index (χ4n) is 4.09. The zero-order valence-electron chi connectivity index (χ0n) is 15.9. The zero-order valence-corrected chi connectivity index (χ0v) is 16.7. The smallest absolute Gasteiger partial charge is 0.450 e. The number of rotatable bonds is 5. The average molecular weight is 399 g/mol. The molecule has 148 valence electrons. The molecule has 1 fully saturated rings. The monoisotopic (exact) mass is 398 g/mol. The minimum Gasteiger partial charge on any atom is -0.450 e. The highest BCUT2D eigenvalue weighted by atomic mass is 32.2. The fourth-order valence-corrected chi connectivity index (χ4v) is 5.18. The molecule has 1 N–H and O–H groups in total. The minimum absolute atomic E-state index is 0.187. The third-order valence-corrected chi connectivity index (χ3v) is 6.58. The predicted octanol–water partition coefficient (Wildman–Crippen LogP) is 4.71. The van der Waals surface area contributed by atoms with E-state index in [1.165, 1.54) is 21.0 Å². The number of piperidine rings is 1. The summed E-state index contributed by atoms with van der Waals surface area (Å²) in [6, 6.07) is 17.3. The van der Waals surface area contributed by atoms with Gasteiger partial charge in [-0.25, -0.2) is 4.79 Å². The minimum atomic E-state index is -1.16. The lowest BCUT2D eigenvalue weighted by molar-refractivity contribution is 0.0135. The average Bonchev–Trinajstić information content (AvgIpc) is 2.84. The van der Waals surface area contributed by atoms with Crippen LogP contribution in [0.5, 0.6) is 0 Å². The molecule has 2 aromatic carbocycles. The molecule has 0 spiro atoms. The number of hydrogen-bond acceptors (Lipinski definition) is 5. The van der Waals surface area contributed by atoms with E-state index in [1.807, 2.05) is 11.8 Å². The molecule has 2 aliphatic heterocycles. The van der Waals surface area contributed by atoms with E-state index in [0.29, 0.717) is 6.54 Å². The molecule has 0 radical (unpaired) electrons. The van der Waals surface area contributed by atoms with E-state index >= 15 is 0 Å². The van der Waals surface area contributed by atoms with Gasteiger partial charge in [0, 0.05) is 29.4 Å². The van der Waals surface area contributed by atoms with Gasteiger partial charge >= 0.3 is 6.16 Å². The molecule has 2 aliphatic rings. The number of ether oxygens (including phenoxy) is 1. The van der Waals surface area contributed by atoms with E-state index < -0.39 is 6.16 Å². The quantitative estimate of drug-likeness (QED) is 0.737. The lowest BCUT2D eigenvalue weighted by Crippen LogP contribution is -2.41. The number of para-hydroxylation sites is 1. The number of benzene rings is 2. The van der Waals surface area contributed by atoms with Crippen LogP contribution in [0, 0.1) is 0 Å². The van der Waals surface area contributed by atoms with E-state index in [1.54, 1.807) is 0 Å². The second kappa shape index (κ2) is 8.88. The Bertz CT molecular complexity index is 829. The van der Waals surface area contributed by atoms with Gasteiger partial charge in [0.2, 0.25) is 0 Å². The number of nitrogens with zero attached hydrogens (tertiary/aromatic N) is 2. The van der Waals surface area contributed by atoms with Crippen LogP contribution in [0.2, 0.25) is 0 Å². The van der Waals surface area contributed by atoms with Gasteiger partial charge in [0.1, 0.15) is 6.10 Å². The van der Waals surface area contributed by atoms with Crippen LogP contribution in [0.25, 0.3) is 0 Å². The van der Waals surface area contributed by atoms with E-state index in [9.17, 15) is 4.79 Å². The van der Waals surface area contributed by atoms with Gasteiger partial charge in [-0.15, -0.1) is 0 Å². The molecular formula is C22H26N2O3S. The summed E-state index contributed by atoms with van der Waals surface area (Å²) >= 11 is 1.85. The Balaban J connectivity index is 1.39. The first-order chi connectivity index (χ1) is 13.7. The van der Waals surface area contributed by atoms with Gasteiger partial charge in [0.05, 0.1) is 5.69 Å². The molecule has 0 unspecified atom stereocenters. The van der Waals surface area contributed by atoms with Crippen molar-refractivity contribution in [3.05, 3.63) is 54.1 Å². The molecule has 0 aromatic heterocycles. The Kier molecular flexibility index (Phi) is 6.07. The Morgan fingerprint density at radius 2 is 1.89 bits per heavy atom. The van der Waals surface area contributed by atoms with Crippen molar-refractivity contribution in [1.82, 2.24) is 4.90 Å². The first-order valence-corrected chi connectivity index (χ1v) is 10.7. The molecule has 2 heterocycles. The highest BCUT2D eigenvalue weighted by molar-refractivity contribution is 7.99. The largest absolute Gasteiger partial charge is 0.506 e. The van der Waals surface area contributed by atoms with Crippen molar-refractivity contribution in [3.63, 3.8) is 0 Å². The van der Waals surface area contributed by atoms with Crippen molar-refractivity contribution in [2.45, 2.75) is 41.7 Å². The molecule has 1 atom stereocenters. The van der Waals surface area contributed by atoms with Crippen LogP contribution in [0.1, 0.15) is 24.8 Å². The number of likely N-dealkylation sites (tertiary alicyclic amines) is 1. The number of hydrogen-bond donors (Lipinski definition) is 1. The van der Waals surface area contributed by atoms with E-state index in [4.69, 9.17) is 9.84 Å². The number of carboxylic acid groups (broad SMARTS) is 1. The van der Waals surface area contributed by atoms with Crippen molar-refractivity contribution in [2.24, 2.45) is 0 Å². The number of carbonyl (C=O) groups is 1. The van der Waals surface area contributed by atoms with Crippen LogP contribution in [0.4, 0.5) is 10.5 Å². The summed E-state index contributed by atoms with van der Waals surface area (Å²) in [6.45, 7) is 4.60. The van der Waals surface area contributed by atoms with Crippen molar-refractivity contribution in [2.75, 3.05) is 31.1 Å². The summed E-state index contributed by atoms with van der Waals surface area (Å²) in [5.41, 5.74) is 2.67. The molecule has 1 saturated heterocycles. The van der Waals surface area contributed by atoms with E-state index in [0.717, 1.165) is 45.4 Å². The van der Waals surface area contributed by atoms with Crippen molar-refractivity contribution in [3.8, 4) is 0 Å². The van der Waals surface area contributed by atoms with Crippen LogP contribution in [-0.4, -0.2) is 48.4 Å². The Morgan fingerprint density at radius 3 is 2.75 bits per heavy atom. The molecule has 2 aromatic rings. The summed E-state index contributed by atoms with van der Waals surface area (Å²) < 4.78 is 4.98. The number of fused-ring (bicyclic) bond motifs is 2. The Hall–Kier alpha value is -2.18. The van der Waals surface area contributed by atoms with Crippen LogP contribution >= 0.6 is 11.8 Å². The first-order valence-electron chi connectivity index (χ1n) is 9.91. The predicted molar refractivity (Wildman–Crippen MR) is 111 cm³/mol. The molecule has 0 aliphatic carbocycles. The molecule has 0 amide bonds. The highest BCUT2D eigenvalue weighted by Crippen LogP contribution is 2.41. The summed E-state index contributed by atoms with van der Waals surface area (Å²) in [5.74, 6) is 0. The summed E-state index contributed by atoms with van der Waals surface area (Å²) in [4.78, 5) is 18.2. The SMILES string of the molecule is O=C(O)O[C@@H]1CCCN(CCCN2Cc3ccccc3Sc3ccccc32)C1. The van der Waals surface area contributed by atoms with Crippen LogP contribution in [-0.2, 0) is 11.3 Å². The highest BCUT2D eigenvalue weighted by Gasteiger charge is 2.23. The number of anilines is 1. The van der Waals surface area contributed by atoms with Crippen LogP contribution in [0.3, 0.4) is 0 Å². The molecular weight excluding hydrogens is 372 g/mol. The maximum atomic E-state index is 10.8. The maximum absolute atomic E-state index is 10.8. The molecule has 0 saturated carbocycles. The lowest BCUT2D eigenvalue weighted by atomic mass is 10.1. The van der Waals surface area contributed by atoms with Gasteiger partial charge in [-0.2, -0.15) is 0 Å². The molecule has 4 rings (SSSR count). The van der Waals surface area contributed by atoms with Gasteiger partial charge in [-0.1, -0.05) is 42.1 Å². The van der Waals surface area contributed by atoms with Gasteiger partial charge < -0.3 is 14.7 Å². The third-order valence-electron chi connectivity index (χ3n) is 5.39. The zero-order chi connectivity index (χ0) is 19.3. The van der Waals surface area contributed by atoms with Crippen molar-refractivity contribution in [1.29, 1.82) is 0 Å². The topological polar surface area (TPSA) is 53.0 Å². The second-order valence-electron chi connectivity index (χ2n) is 7.40. The van der Waals surface area contributed by atoms with Crippen LogP contribution < -0.4 is 4.90 Å². The maximum Gasteiger partial charge on any atom is 0.506 e. The summed E-state index contributed by atoms with van der Waals surface area (Å²) in [6.07, 6.45) is 1.52. The van der Waals surface area contributed by atoms with E-state index in [-0.39, 0.29) is 6.10 Å². The summed E-state index contributed by atoms with van der Waals surface area (Å²) in [7, 11) is 0. The Morgan fingerprint density at radius 1 is 1.11 bits per heavy atom. The second-order valence-corrected chi connectivity index (χ2v) is 8.48. The standard InChI is InChI=1S/C22H26N2O3S/c25-22(26)27-18-8-5-12-23(16-18)13-6-14-24-15-17-7-1-3-10-20(17)28-21-11-4-2-9-19(21)24/h1-4,7,9-11,18H,5-6,8,12-16H2,(H,25,26)/t18-/m1/s1. The molecule has 28 heavy (non-hydrogen) atoms. The normalized spacial score (nSPS) is 19.4. The van der Waals surface area contributed by atoms with Gasteiger partial charge in [0.15, 0.2) is 0 Å². The van der Waals surface area contributed by atoms with E-state index in [2.05, 4.69) is 58.3 Å².